The fourth-order valence-electron chi connectivity index (χ4n) is 0. The summed E-state index contributed by atoms with van der Waals surface area (Å²) in [5, 5.41) is 0. The summed E-state index contributed by atoms with van der Waals surface area (Å²) in [4.78, 5) is 0. The molecular weight excluding hydrogens is 437 g/mol. The monoisotopic (exact) mass is 436 g/mol. The van der Waals surface area contributed by atoms with E-state index in [1.54, 1.807) is 0 Å². The van der Waals surface area contributed by atoms with E-state index in [1.165, 1.54) is 0 Å². The van der Waals surface area contributed by atoms with Gasteiger partial charge in [-0.15, -0.1) is 30.7 Å². The molecule has 0 heterocycles. The van der Waals surface area contributed by atoms with E-state index in [1.807, 2.05) is 0 Å². The Bertz CT molecular complexity index is 91.3. The summed E-state index contributed by atoms with van der Waals surface area (Å²) in [6.07, 6.45) is 0. The minimum absolute atomic E-state index is 0. The maximum absolute atomic E-state index is 8.49. The van der Waals surface area contributed by atoms with E-state index in [2.05, 4.69) is 0 Å². The molecule has 0 N–H and O–H groups in total. The zero-order valence-electron chi connectivity index (χ0n) is 6.61. The average Bonchev–Trinajstić information content (AvgIpc) is 1.41. The smallest absolute Gasteiger partial charge is 0.222 e. The van der Waals surface area contributed by atoms with E-state index in [0.29, 0.717) is 0 Å². The molecule has 0 spiro atoms. The molecule has 0 amide bonds. The second-order valence-electron chi connectivity index (χ2n) is 1.13. The molecule has 0 saturated heterocycles. The van der Waals surface area contributed by atoms with Crippen LogP contribution < -0.4 is 55.9 Å². The van der Waals surface area contributed by atoms with Gasteiger partial charge in [0.15, 0.2) is 0 Å². The Kier molecular flexibility index (Phi) is 17.2. The Balaban J connectivity index is -0.0000000655. The van der Waals surface area contributed by atoms with Gasteiger partial charge in [-0.25, -0.2) is 55.9 Å². The molecule has 0 unspecified atom stereocenters. The SMILES string of the molecule is [La+3].[O-][Cl+3]([O-])([O-])[O-].[O-][Cl+3]([O-])([O-])[O-].[O-][Cl+3]([O-])([O-])[O-]. The minimum Gasteiger partial charge on any atom is -0.222 e. The van der Waals surface area contributed by atoms with Crippen LogP contribution in [0.4, 0.5) is 0 Å². The van der Waals surface area contributed by atoms with Gasteiger partial charge in [-0.1, -0.05) is 0 Å². The number of rotatable bonds is 0. The minimum atomic E-state index is -4.94. The predicted molar refractivity (Wildman–Crippen MR) is 0 cm³/mol. The molecule has 0 bridgehead atoms. The first kappa shape index (κ1) is 26.2. The summed E-state index contributed by atoms with van der Waals surface area (Å²) in [6, 6.07) is 0. The quantitative estimate of drug-likeness (QED) is 0.341. The summed E-state index contributed by atoms with van der Waals surface area (Å²) in [7, 11) is -14.8. The first-order valence-electron chi connectivity index (χ1n) is 1.85. The third-order valence-electron chi connectivity index (χ3n) is 0. The van der Waals surface area contributed by atoms with Gasteiger partial charge in [-0.2, -0.15) is 0 Å². The van der Waals surface area contributed by atoms with Gasteiger partial charge in [-0.3, -0.25) is 0 Å². The molecule has 0 aromatic carbocycles. The van der Waals surface area contributed by atoms with Crippen LogP contribution in [0.15, 0.2) is 0 Å². The van der Waals surface area contributed by atoms with Crippen LogP contribution in [0.2, 0.25) is 0 Å². The molecule has 0 aliphatic rings. The van der Waals surface area contributed by atoms with Crippen molar-refractivity contribution in [2.45, 2.75) is 0 Å². The van der Waals surface area contributed by atoms with Crippen molar-refractivity contribution in [1.29, 1.82) is 0 Å². The first-order valence-corrected chi connectivity index (χ1v) is 5.55. The van der Waals surface area contributed by atoms with Crippen molar-refractivity contribution in [3.8, 4) is 0 Å². The molecule has 0 saturated carbocycles. The van der Waals surface area contributed by atoms with Gasteiger partial charge in [0.1, 0.15) is 0 Å². The van der Waals surface area contributed by atoms with Gasteiger partial charge >= 0.3 is 35.6 Å². The van der Waals surface area contributed by atoms with Crippen LogP contribution in [-0.2, 0) is 0 Å². The second kappa shape index (κ2) is 10.5. The Morgan fingerprint density at radius 1 is 0.312 bits per heavy atom. The van der Waals surface area contributed by atoms with Crippen LogP contribution >= 0.6 is 0 Å². The van der Waals surface area contributed by atoms with E-state index in [9.17, 15) is 0 Å². The van der Waals surface area contributed by atoms with Crippen LogP contribution in [0.1, 0.15) is 0 Å². The van der Waals surface area contributed by atoms with Crippen LogP contribution in [0, 0.1) is 66.3 Å². The molecule has 0 fully saturated rings. The Morgan fingerprint density at radius 3 is 0.312 bits per heavy atom. The normalized spacial score (nSPS) is 11.2. The fourth-order valence-corrected chi connectivity index (χ4v) is 0. The van der Waals surface area contributed by atoms with E-state index in [-0.39, 0.29) is 35.6 Å². The van der Waals surface area contributed by atoms with Crippen LogP contribution in [-0.4, -0.2) is 0 Å². The van der Waals surface area contributed by atoms with Crippen molar-refractivity contribution in [3.05, 3.63) is 0 Å². The molecule has 16 heteroatoms. The number of halogens is 3. The largest absolute Gasteiger partial charge is 3.00 e. The summed E-state index contributed by atoms with van der Waals surface area (Å²) < 4.78 is 102. The average molecular weight is 437 g/mol. The fraction of sp³-hybridized carbons (Fsp3) is 0. The molecule has 0 aromatic heterocycles. The zero-order valence-corrected chi connectivity index (χ0v) is 12.5. The van der Waals surface area contributed by atoms with Gasteiger partial charge in [0, 0.05) is 0 Å². The van der Waals surface area contributed by atoms with Crippen molar-refractivity contribution in [3.63, 3.8) is 0 Å². The molecule has 0 radical (unpaired) electrons. The summed E-state index contributed by atoms with van der Waals surface area (Å²) in [5.41, 5.74) is 0. The van der Waals surface area contributed by atoms with E-state index < -0.39 is 30.7 Å². The Morgan fingerprint density at radius 2 is 0.312 bits per heavy atom. The van der Waals surface area contributed by atoms with Gasteiger partial charge in [-0.05, 0) is 0 Å². The van der Waals surface area contributed by atoms with Crippen molar-refractivity contribution < 1.29 is 122 Å². The maximum atomic E-state index is 8.49. The number of hydrogen-bond donors (Lipinski definition) is 0. The predicted octanol–water partition coefficient (Wildman–Crippen LogP) is -14.3. The molecule has 0 rings (SSSR count). The van der Waals surface area contributed by atoms with Gasteiger partial charge in [0.2, 0.25) is 0 Å². The van der Waals surface area contributed by atoms with Crippen LogP contribution in [0.5, 0.6) is 0 Å². The second-order valence-corrected chi connectivity index (χ2v) is 3.40. The molecule has 0 aromatic rings. The van der Waals surface area contributed by atoms with Gasteiger partial charge < -0.3 is 0 Å². The van der Waals surface area contributed by atoms with E-state index in [0.717, 1.165) is 0 Å². The zero-order chi connectivity index (χ0) is 13.5. The molecular formula is Cl3LaO12. The van der Waals surface area contributed by atoms with Crippen LogP contribution in [0.3, 0.4) is 0 Å². The summed E-state index contributed by atoms with van der Waals surface area (Å²) in [6.45, 7) is 0. The standard InChI is InChI=1S/3ClHO4.La/c3*2-1(3,4)5;/h3*(H,2,3,4,5);/q;;;+3/p-3. The van der Waals surface area contributed by atoms with E-state index >= 15 is 0 Å². The van der Waals surface area contributed by atoms with Gasteiger partial charge in [0.25, 0.3) is 0 Å². The first-order chi connectivity index (χ1) is 6.00. The summed E-state index contributed by atoms with van der Waals surface area (Å²) in [5.74, 6) is 0. The van der Waals surface area contributed by atoms with Crippen molar-refractivity contribution in [1.82, 2.24) is 0 Å². The molecule has 96 valence electrons. The maximum Gasteiger partial charge on any atom is 3.00 e. The molecule has 0 aliphatic carbocycles. The topological polar surface area (TPSA) is 277 Å². The number of hydrogen-bond acceptors (Lipinski definition) is 12. The van der Waals surface area contributed by atoms with Crippen molar-refractivity contribution in [2.75, 3.05) is 0 Å². The molecule has 16 heavy (non-hydrogen) atoms. The van der Waals surface area contributed by atoms with Crippen molar-refractivity contribution in [2.24, 2.45) is 0 Å². The van der Waals surface area contributed by atoms with Crippen molar-refractivity contribution >= 4 is 0 Å². The molecule has 0 aliphatic heterocycles. The van der Waals surface area contributed by atoms with Crippen LogP contribution in [0.25, 0.3) is 0 Å². The summed E-state index contributed by atoms with van der Waals surface area (Å²) >= 11 is 0. The Hall–Kier alpha value is 1.58. The Labute approximate surface area is 121 Å². The van der Waals surface area contributed by atoms with E-state index in [4.69, 9.17) is 55.9 Å². The third kappa shape index (κ3) is 1320. The van der Waals surface area contributed by atoms with Gasteiger partial charge in [0.05, 0.1) is 0 Å². The third-order valence-corrected chi connectivity index (χ3v) is 0. The molecule has 12 nitrogen and oxygen atoms in total. The molecule has 0 atom stereocenters.